The zero-order valence-corrected chi connectivity index (χ0v) is 26.8. The number of rotatable bonds is 14. The van der Waals surface area contributed by atoms with Gasteiger partial charge in [0.2, 0.25) is 6.79 Å². The van der Waals surface area contributed by atoms with E-state index in [0.29, 0.717) is 30.9 Å². The van der Waals surface area contributed by atoms with Crippen molar-refractivity contribution in [3.8, 4) is 11.5 Å². The Bertz CT molecular complexity index is 1450. The first kappa shape index (κ1) is 33.2. The number of sulfone groups is 1. The van der Waals surface area contributed by atoms with Gasteiger partial charge < -0.3 is 38.9 Å². The molecule has 0 aromatic heterocycles. The number of Topliss-reactive ketones (excluding diaryl/α,β-unsaturated/α-hetero) is 1. The molecule has 6 atom stereocenters. The van der Waals surface area contributed by atoms with Crippen LogP contribution in [0.25, 0.3) is 0 Å². The Kier molecular flexibility index (Phi) is 10.4. The summed E-state index contributed by atoms with van der Waals surface area (Å²) >= 11 is 0. The number of fused-ring (bicyclic) bond motifs is 2. The summed E-state index contributed by atoms with van der Waals surface area (Å²) in [7, 11) is -4.01. The van der Waals surface area contributed by atoms with Gasteiger partial charge in [-0.25, -0.2) is 13.2 Å². The van der Waals surface area contributed by atoms with E-state index in [9.17, 15) is 23.1 Å². The molecule has 3 heterocycles. The number of hydrogen-bond acceptors (Lipinski definition) is 10. The fourth-order valence-corrected chi connectivity index (χ4v) is 8.29. The summed E-state index contributed by atoms with van der Waals surface area (Å²) in [6, 6.07) is 13.0. The number of amides is 1. The van der Waals surface area contributed by atoms with Crippen molar-refractivity contribution in [2.24, 2.45) is 11.3 Å². The molecule has 246 valence electrons. The van der Waals surface area contributed by atoms with Crippen LogP contribution in [0.3, 0.4) is 0 Å². The second-order valence-corrected chi connectivity index (χ2v) is 15.2. The molecule has 0 spiro atoms. The van der Waals surface area contributed by atoms with Crippen molar-refractivity contribution in [2.45, 2.75) is 94.0 Å². The van der Waals surface area contributed by atoms with Gasteiger partial charge in [-0.05, 0) is 62.1 Å². The normalized spacial score (nSPS) is 22.8. The average molecular weight is 646 g/mol. The SMILES string of the molecule is CC(=O)CCC(C)(C)CC(CC(O)C(Cc1ccccc1)NC(=O)OC1COC2OCCC12)S(=O)(=O)c1ccc2c(c1)OCO2. The molecular weight excluding hydrogens is 602 g/mol. The highest BCUT2D eigenvalue weighted by atomic mass is 32.2. The summed E-state index contributed by atoms with van der Waals surface area (Å²) in [6.07, 6.45) is -1.05. The van der Waals surface area contributed by atoms with Crippen LogP contribution in [0.15, 0.2) is 53.4 Å². The van der Waals surface area contributed by atoms with E-state index in [1.54, 1.807) is 6.07 Å². The van der Waals surface area contributed by atoms with E-state index >= 15 is 0 Å². The molecule has 0 saturated carbocycles. The number of ketones is 1. The summed E-state index contributed by atoms with van der Waals surface area (Å²) in [5.74, 6) is 0.762. The van der Waals surface area contributed by atoms with Gasteiger partial charge in [0.1, 0.15) is 11.9 Å². The van der Waals surface area contributed by atoms with Crippen LogP contribution in [0.5, 0.6) is 11.5 Å². The third-order valence-electron chi connectivity index (χ3n) is 8.86. The number of aliphatic hydroxyl groups excluding tert-OH is 1. The fraction of sp³-hybridized carbons (Fsp3) is 0.576. The maximum absolute atomic E-state index is 14.2. The molecule has 2 aromatic rings. The third-order valence-corrected chi connectivity index (χ3v) is 11.0. The highest BCUT2D eigenvalue weighted by Crippen LogP contribution is 2.39. The minimum Gasteiger partial charge on any atom is -0.454 e. The first-order valence-corrected chi connectivity index (χ1v) is 17.0. The summed E-state index contributed by atoms with van der Waals surface area (Å²) in [6.45, 7) is 6.12. The van der Waals surface area contributed by atoms with Crippen LogP contribution in [-0.2, 0) is 35.3 Å². The van der Waals surface area contributed by atoms with E-state index < -0.39 is 44.8 Å². The summed E-state index contributed by atoms with van der Waals surface area (Å²) in [4.78, 5) is 25.0. The van der Waals surface area contributed by atoms with E-state index in [2.05, 4.69) is 5.32 Å². The zero-order valence-electron chi connectivity index (χ0n) is 26.0. The lowest BCUT2D eigenvalue weighted by molar-refractivity contribution is -0.117. The molecular formula is C33H43NO10S. The van der Waals surface area contributed by atoms with Crippen LogP contribution in [0.4, 0.5) is 4.79 Å². The van der Waals surface area contributed by atoms with Gasteiger partial charge in [0.05, 0.1) is 41.4 Å². The minimum absolute atomic E-state index is 0.00337. The van der Waals surface area contributed by atoms with Gasteiger partial charge in [-0.15, -0.1) is 0 Å². The molecule has 2 N–H and O–H groups in total. The molecule has 5 rings (SSSR count). The third kappa shape index (κ3) is 8.35. The molecule has 2 fully saturated rings. The topological polar surface area (TPSA) is 147 Å². The number of ether oxygens (including phenoxy) is 5. The molecule has 0 aliphatic carbocycles. The van der Waals surface area contributed by atoms with Crippen LogP contribution in [-0.4, -0.2) is 75.2 Å². The predicted octanol–water partition coefficient (Wildman–Crippen LogP) is 4.19. The second kappa shape index (κ2) is 14.1. The molecule has 2 aromatic carbocycles. The maximum atomic E-state index is 14.2. The number of alkyl carbamates (subject to hydrolysis) is 1. The lowest BCUT2D eigenvalue weighted by Crippen LogP contribution is -2.48. The molecule has 0 bridgehead atoms. The van der Waals surface area contributed by atoms with E-state index in [1.165, 1.54) is 19.1 Å². The number of hydrogen-bond donors (Lipinski definition) is 2. The Hall–Kier alpha value is -3.19. The highest BCUT2D eigenvalue weighted by molar-refractivity contribution is 7.92. The van der Waals surface area contributed by atoms with Gasteiger partial charge in [-0.2, -0.15) is 0 Å². The van der Waals surface area contributed by atoms with Crippen molar-refractivity contribution in [3.63, 3.8) is 0 Å². The van der Waals surface area contributed by atoms with Crippen LogP contribution in [0.1, 0.15) is 58.4 Å². The fourth-order valence-electron chi connectivity index (χ4n) is 6.25. The number of aliphatic hydroxyl groups is 1. The first-order valence-electron chi connectivity index (χ1n) is 15.5. The van der Waals surface area contributed by atoms with E-state index in [0.717, 1.165) is 12.0 Å². The molecule has 11 nitrogen and oxygen atoms in total. The molecule has 3 aliphatic rings. The maximum Gasteiger partial charge on any atom is 0.407 e. The van der Waals surface area contributed by atoms with Crippen molar-refractivity contribution < 1.29 is 46.8 Å². The Labute approximate surface area is 264 Å². The number of carbonyl (C=O) groups excluding carboxylic acids is 2. The second-order valence-electron chi connectivity index (χ2n) is 13.0. The molecule has 1 amide bonds. The van der Waals surface area contributed by atoms with Gasteiger partial charge in [0.15, 0.2) is 27.6 Å². The summed E-state index contributed by atoms with van der Waals surface area (Å²) < 4.78 is 56.1. The first-order chi connectivity index (χ1) is 21.4. The number of nitrogens with one attached hydrogen (secondary N) is 1. The Morgan fingerprint density at radius 1 is 1.09 bits per heavy atom. The van der Waals surface area contributed by atoms with Gasteiger partial charge in [0, 0.05) is 12.5 Å². The van der Waals surface area contributed by atoms with E-state index in [4.69, 9.17) is 23.7 Å². The Balaban J connectivity index is 1.38. The van der Waals surface area contributed by atoms with Gasteiger partial charge in [-0.1, -0.05) is 44.2 Å². The van der Waals surface area contributed by atoms with Gasteiger partial charge >= 0.3 is 6.09 Å². The molecule has 45 heavy (non-hydrogen) atoms. The summed E-state index contributed by atoms with van der Waals surface area (Å²) in [5, 5.41) is 13.5. The quantitative estimate of drug-likeness (QED) is 0.307. The minimum atomic E-state index is -4.01. The monoisotopic (exact) mass is 645 g/mol. The van der Waals surface area contributed by atoms with Crippen LogP contribution in [0, 0.1) is 11.3 Å². The summed E-state index contributed by atoms with van der Waals surface area (Å²) in [5.41, 5.74) is 0.315. The molecule has 6 unspecified atom stereocenters. The van der Waals surface area contributed by atoms with Crippen LogP contribution < -0.4 is 14.8 Å². The molecule has 0 radical (unpaired) electrons. The lowest BCUT2D eigenvalue weighted by Gasteiger charge is -2.33. The molecule has 12 heteroatoms. The Morgan fingerprint density at radius 2 is 1.84 bits per heavy atom. The van der Waals surface area contributed by atoms with E-state index in [-0.39, 0.29) is 55.5 Å². The lowest BCUT2D eigenvalue weighted by atomic mass is 9.81. The average Bonchev–Trinajstić information content (AvgIpc) is 3.74. The number of benzene rings is 2. The predicted molar refractivity (Wildman–Crippen MR) is 164 cm³/mol. The van der Waals surface area contributed by atoms with Crippen molar-refractivity contribution in [1.82, 2.24) is 5.32 Å². The van der Waals surface area contributed by atoms with Crippen molar-refractivity contribution in [2.75, 3.05) is 20.0 Å². The largest absolute Gasteiger partial charge is 0.454 e. The van der Waals surface area contributed by atoms with Gasteiger partial charge in [0.25, 0.3) is 0 Å². The van der Waals surface area contributed by atoms with Crippen LogP contribution in [0.2, 0.25) is 0 Å². The van der Waals surface area contributed by atoms with E-state index in [1.807, 2.05) is 44.2 Å². The zero-order chi connectivity index (χ0) is 32.2. The smallest absolute Gasteiger partial charge is 0.407 e. The molecule has 2 saturated heterocycles. The van der Waals surface area contributed by atoms with Gasteiger partial charge in [-0.3, -0.25) is 0 Å². The van der Waals surface area contributed by atoms with Crippen molar-refractivity contribution in [3.05, 3.63) is 54.1 Å². The van der Waals surface area contributed by atoms with Crippen LogP contribution >= 0.6 is 0 Å². The molecule has 3 aliphatic heterocycles. The van der Waals surface area contributed by atoms with Crippen molar-refractivity contribution >= 4 is 21.7 Å². The standard InChI is InChI=1S/C33H43NO10S/c1-21(35)11-13-33(2,3)18-24(45(38,39)23-9-10-28-29(17-23)43-20-42-28)16-27(36)26(15-22-7-5-4-6-8-22)34-32(37)44-30-19-41-31-25(30)12-14-40-31/h4-10,17,24-27,30-31,36H,11-16,18-20H2,1-3H3,(H,34,37). The Morgan fingerprint density at radius 3 is 2.60 bits per heavy atom. The van der Waals surface area contributed by atoms with Crippen molar-refractivity contribution in [1.29, 1.82) is 0 Å². The highest BCUT2D eigenvalue weighted by Gasteiger charge is 2.44. The number of carbonyl (C=O) groups is 2.